The van der Waals surface area contributed by atoms with Crippen LogP contribution in [0.1, 0.15) is 37.8 Å². The van der Waals surface area contributed by atoms with Gasteiger partial charge in [-0.2, -0.15) is 0 Å². The van der Waals surface area contributed by atoms with E-state index in [0.717, 1.165) is 37.9 Å². The zero-order valence-electron chi connectivity index (χ0n) is 19.1. The molecule has 2 atom stereocenters. The van der Waals surface area contributed by atoms with Crippen molar-refractivity contribution in [2.45, 2.75) is 57.3 Å². The van der Waals surface area contributed by atoms with Crippen LogP contribution < -0.4 is 5.32 Å². The molecule has 0 saturated carbocycles. The summed E-state index contributed by atoms with van der Waals surface area (Å²) in [7, 11) is 0. The van der Waals surface area contributed by atoms with E-state index in [2.05, 4.69) is 77.4 Å². The van der Waals surface area contributed by atoms with Gasteiger partial charge in [-0.3, -0.25) is 4.90 Å². The molecule has 0 aromatic heterocycles. The Bertz CT molecular complexity index is 1100. The zero-order chi connectivity index (χ0) is 22.6. The minimum absolute atomic E-state index is 0.114. The van der Waals surface area contributed by atoms with E-state index in [1.807, 2.05) is 18.2 Å². The summed E-state index contributed by atoms with van der Waals surface area (Å²) in [5.74, 6) is 0. The highest BCUT2D eigenvalue weighted by atomic mass is 16.3. The van der Waals surface area contributed by atoms with Gasteiger partial charge < -0.3 is 10.4 Å². The molecule has 1 fully saturated rings. The minimum Gasteiger partial charge on any atom is -0.390 e. The predicted octanol–water partition coefficient (Wildman–Crippen LogP) is 5.33. The molecule has 1 saturated heterocycles. The Morgan fingerprint density at radius 1 is 1.06 bits per heavy atom. The van der Waals surface area contributed by atoms with E-state index >= 15 is 0 Å². The van der Waals surface area contributed by atoms with Crippen LogP contribution in [0.15, 0.2) is 66.7 Å². The highest BCUT2D eigenvalue weighted by molar-refractivity contribution is 5.83. The Balaban J connectivity index is 1.34. The summed E-state index contributed by atoms with van der Waals surface area (Å²) in [5, 5.41) is 17.2. The smallest absolute Gasteiger partial charge is 0.187 e. The first-order valence-corrected chi connectivity index (χ1v) is 11.5. The van der Waals surface area contributed by atoms with E-state index < -0.39 is 6.10 Å². The van der Waals surface area contributed by atoms with Crippen molar-refractivity contribution in [3.63, 3.8) is 0 Å². The second-order valence-corrected chi connectivity index (χ2v) is 9.65. The molecule has 4 heteroatoms. The number of hydrogen-bond donors (Lipinski definition) is 2. The highest BCUT2D eigenvalue weighted by Gasteiger charge is 2.31. The van der Waals surface area contributed by atoms with Crippen LogP contribution in [0, 0.1) is 6.57 Å². The van der Waals surface area contributed by atoms with Crippen LogP contribution in [-0.4, -0.2) is 40.8 Å². The number of aliphatic hydroxyl groups is 1. The molecule has 32 heavy (non-hydrogen) atoms. The van der Waals surface area contributed by atoms with E-state index in [1.54, 1.807) is 0 Å². The van der Waals surface area contributed by atoms with Gasteiger partial charge in [0.15, 0.2) is 5.69 Å². The van der Waals surface area contributed by atoms with Gasteiger partial charge in [0.25, 0.3) is 0 Å². The fourth-order valence-electron chi connectivity index (χ4n) is 4.88. The Labute approximate surface area is 191 Å². The number of aliphatic hydroxyl groups excluding tert-OH is 1. The SMILES string of the molecule is [C-]#[N+]c1cccc(CN2CCC[C@@H]2[C@H](O)CNC(C)(C)Cc2ccc3ccccc3c2)c1. The maximum Gasteiger partial charge on any atom is 0.187 e. The van der Waals surface area contributed by atoms with E-state index in [4.69, 9.17) is 6.57 Å². The number of nitrogens with zero attached hydrogens (tertiary/aromatic N) is 2. The molecule has 3 aromatic carbocycles. The quantitative estimate of drug-likeness (QED) is 0.478. The van der Waals surface area contributed by atoms with Crippen LogP contribution in [0.3, 0.4) is 0 Å². The Kier molecular flexibility index (Phi) is 6.91. The second kappa shape index (κ2) is 9.83. The van der Waals surface area contributed by atoms with Gasteiger partial charge in [-0.25, -0.2) is 4.85 Å². The Morgan fingerprint density at radius 2 is 1.88 bits per heavy atom. The van der Waals surface area contributed by atoms with Gasteiger partial charge in [0.2, 0.25) is 0 Å². The van der Waals surface area contributed by atoms with E-state index in [9.17, 15) is 5.11 Å². The fourth-order valence-corrected chi connectivity index (χ4v) is 4.88. The predicted molar refractivity (Wildman–Crippen MR) is 132 cm³/mol. The molecule has 1 aliphatic heterocycles. The van der Waals surface area contributed by atoms with Crippen molar-refractivity contribution in [3.05, 3.63) is 89.3 Å². The van der Waals surface area contributed by atoms with E-state index in [1.165, 1.54) is 16.3 Å². The number of fused-ring (bicyclic) bond motifs is 1. The molecule has 4 rings (SSSR count). The third kappa shape index (κ3) is 5.55. The van der Waals surface area contributed by atoms with Gasteiger partial charge in [0.05, 0.1) is 12.7 Å². The lowest BCUT2D eigenvalue weighted by molar-refractivity contribution is 0.0633. The summed E-state index contributed by atoms with van der Waals surface area (Å²) in [5.41, 5.74) is 3.01. The highest BCUT2D eigenvalue weighted by Crippen LogP contribution is 2.25. The molecule has 2 N–H and O–H groups in total. The minimum atomic E-state index is -0.419. The van der Waals surface area contributed by atoms with Gasteiger partial charge in [0.1, 0.15) is 0 Å². The van der Waals surface area contributed by atoms with Crippen molar-refractivity contribution in [2.75, 3.05) is 13.1 Å². The fraction of sp³-hybridized carbons (Fsp3) is 0.393. The molecule has 1 aliphatic rings. The number of hydrogen-bond acceptors (Lipinski definition) is 3. The molecule has 0 bridgehead atoms. The van der Waals surface area contributed by atoms with Crippen molar-refractivity contribution < 1.29 is 5.11 Å². The monoisotopic (exact) mass is 427 g/mol. The largest absolute Gasteiger partial charge is 0.390 e. The number of β-amino-alcohol motifs (C(OH)–C–C–N with tert-alkyl or cyclic N) is 1. The molecule has 0 aliphatic carbocycles. The van der Waals surface area contributed by atoms with Crippen LogP contribution >= 0.6 is 0 Å². The summed E-state index contributed by atoms with van der Waals surface area (Å²) >= 11 is 0. The molecule has 166 valence electrons. The van der Waals surface area contributed by atoms with Crippen molar-refractivity contribution in [1.82, 2.24) is 10.2 Å². The number of benzene rings is 3. The van der Waals surface area contributed by atoms with Crippen molar-refractivity contribution in [1.29, 1.82) is 0 Å². The van der Waals surface area contributed by atoms with Gasteiger partial charge >= 0.3 is 0 Å². The Hall–Kier alpha value is -2.71. The van der Waals surface area contributed by atoms with Crippen molar-refractivity contribution in [3.8, 4) is 0 Å². The molecular formula is C28H33N3O. The Morgan fingerprint density at radius 3 is 2.69 bits per heavy atom. The first-order valence-electron chi connectivity index (χ1n) is 11.5. The lowest BCUT2D eigenvalue weighted by Gasteiger charge is -2.33. The molecule has 3 aromatic rings. The molecule has 0 spiro atoms. The van der Waals surface area contributed by atoms with Gasteiger partial charge in [-0.05, 0) is 61.6 Å². The van der Waals surface area contributed by atoms with E-state index in [-0.39, 0.29) is 11.6 Å². The topological polar surface area (TPSA) is 39.9 Å². The summed E-state index contributed by atoms with van der Waals surface area (Å²) in [6.07, 6.45) is 2.60. The summed E-state index contributed by atoms with van der Waals surface area (Å²) < 4.78 is 0. The second-order valence-electron chi connectivity index (χ2n) is 9.65. The molecular weight excluding hydrogens is 394 g/mol. The van der Waals surface area contributed by atoms with Crippen LogP contribution in [0.4, 0.5) is 5.69 Å². The van der Waals surface area contributed by atoms with Gasteiger partial charge in [-0.1, -0.05) is 66.7 Å². The third-order valence-electron chi connectivity index (χ3n) is 6.53. The average molecular weight is 428 g/mol. The molecule has 4 nitrogen and oxygen atoms in total. The van der Waals surface area contributed by atoms with E-state index in [0.29, 0.717) is 12.2 Å². The zero-order valence-corrected chi connectivity index (χ0v) is 19.1. The average Bonchev–Trinajstić information content (AvgIpc) is 3.25. The van der Waals surface area contributed by atoms with Crippen LogP contribution in [0.2, 0.25) is 0 Å². The van der Waals surface area contributed by atoms with Crippen LogP contribution in [0.25, 0.3) is 15.6 Å². The molecule has 1 heterocycles. The normalized spacial score (nSPS) is 18.0. The van der Waals surface area contributed by atoms with Crippen molar-refractivity contribution in [2.24, 2.45) is 0 Å². The number of nitrogens with one attached hydrogen (secondary N) is 1. The summed E-state index contributed by atoms with van der Waals surface area (Å²) in [6.45, 7) is 14.0. The lowest BCUT2D eigenvalue weighted by Crippen LogP contribution is -2.50. The first-order chi connectivity index (χ1) is 15.4. The van der Waals surface area contributed by atoms with Gasteiger partial charge in [-0.15, -0.1) is 0 Å². The van der Waals surface area contributed by atoms with Crippen LogP contribution in [0.5, 0.6) is 0 Å². The standard InChI is InChI=1S/C28H33N3O/c1-28(2,18-21-13-14-23-9-4-5-10-24(23)16-21)30-19-27(32)26-12-7-15-31(26)20-22-8-6-11-25(17-22)29-3/h4-6,8-11,13-14,16-17,26-27,30,32H,7,12,15,18-20H2,1-2H3/t26-,27-/m1/s1. The molecule has 0 amide bonds. The maximum absolute atomic E-state index is 11.0. The summed E-state index contributed by atoms with van der Waals surface area (Å²) in [6, 6.07) is 23.1. The number of rotatable bonds is 8. The van der Waals surface area contributed by atoms with Crippen LogP contribution in [-0.2, 0) is 13.0 Å². The lowest BCUT2D eigenvalue weighted by atomic mass is 9.93. The molecule has 0 unspecified atom stereocenters. The summed E-state index contributed by atoms with van der Waals surface area (Å²) in [4.78, 5) is 5.91. The maximum atomic E-state index is 11.0. The first kappa shape index (κ1) is 22.5. The number of likely N-dealkylation sites (tertiary alicyclic amines) is 1. The van der Waals surface area contributed by atoms with Crippen molar-refractivity contribution >= 4 is 16.5 Å². The third-order valence-corrected chi connectivity index (χ3v) is 6.53. The van der Waals surface area contributed by atoms with Gasteiger partial charge in [0, 0.05) is 24.7 Å². The molecule has 0 radical (unpaired) electrons.